The Hall–Kier alpha value is -2.37. The molecule has 0 aliphatic rings. The number of hydrogen-bond donors (Lipinski definition) is 1. The topological polar surface area (TPSA) is 71.8 Å². The molecular formula is C16H13ClN4O. The highest BCUT2D eigenvalue weighted by molar-refractivity contribution is 6.30. The average molecular weight is 313 g/mol. The lowest BCUT2D eigenvalue weighted by atomic mass is 9.85. The largest absolute Gasteiger partial charge is 0.374 e. The van der Waals surface area contributed by atoms with Gasteiger partial charge in [0.25, 0.3) is 0 Å². The van der Waals surface area contributed by atoms with Crippen LogP contribution in [0.25, 0.3) is 0 Å². The smallest absolute Gasteiger partial charge is 0.161 e. The standard InChI is InChI=1S/C16H13ClN4O/c1-11-6-21-15(9-20-11)16(22,13-7-18-10-19-8-13)12-2-4-14(17)5-3-12/h2-10,22H,1H3. The van der Waals surface area contributed by atoms with Crippen molar-refractivity contribution in [3.05, 3.63) is 82.9 Å². The van der Waals surface area contributed by atoms with Gasteiger partial charge in [0.2, 0.25) is 0 Å². The second-order valence-corrected chi connectivity index (χ2v) is 5.32. The fraction of sp³-hybridized carbons (Fsp3) is 0.125. The van der Waals surface area contributed by atoms with Crippen molar-refractivity contribution in [3.63, 3.8) is 0 Å². The van der Waals surface area contributed by atoms with Crippen molar-refractivity contribution in [3.8, 4) is 0 Å². The van der Waals surface area contributed by atoms with Crippen molar-refractivity contribution in [2.45, 2.75) is 12.5 Å². The summed E-state index contributed by atoms with van der Waals surface area (Å²) in [4.78, 5) is 16.5. The van der Waals surface area contributed by atoms with Crippen LogP contribution in [0.15, 0.2) is 55.4 Å². The molecule has 0 amide bonds. The van der Waals surface area contributed by atoms with Crippen LogP contribution >= 0.6 is 11.6 Å². The summed E-state index contributed by atoms with van der Waals surface area (Å²) in [7, 11) is 0. The molecule has 1 atom stereocenters. The Labute approximate surface area is 132 Å². The first kappa shape index (κ1) is 14.6. The van der Waals surface area contributed by atoms with E-state index in [-0.39, 0.29) is 0 Å². The molecule has 22 heavy (non-hydrogen) atoms. The number of halogens is 1. The van der Waals surface area contributed by atoms with E-state index in [0.717, 1.165) is 5.69 Å². The van der Waals surface area contributed by atoms with Crippen LogP contribution in [0, 0.1) is 6.92 Å². The van der Waals surface area contributed by atoms with Gasteiger partial charge in [-0.05, 0) is 24.6 Å². The number of hydrogen-bond acceptors (Lipinski definition) is 5. The Morgan fingerprint density at radius 1 is 0.909 bits per heavy atom. The Kier molecular flexibility index (Phi) is 3.83. The fourth-order valence-corrected chi connectivity index (χ4v) is 2.34. The van der Waals surface area contributed by atoms with Gasteiger partial charge >= 0.3 is 0 Å². The maximum absolute atomic E-state index is 11.4. The molecule has 2 heterocycles. The van der Waals surface area contributed by atoms with Gasteiger partial charge in [-0.1, -0.05) is 23.7 Å². The van der Waals surface area contributed by atoms with E-state index in [2.05, 4.69) is 19.9 Å². The summed E-state index contributed by atoms with van der Waals surface area (Å²) in [6.07, 6.45) is 7.69. The Balaban J connectivity index is 2.22. The van der Waals surface area contributed by atoms with Gasteiger partial charge in [-0.25, -0.2) is 9.97 Å². The molecule has 1 N–H and O–H groups in total. The molecule has 0 bridgehead atoms. The van der Waals surface area contributed by atoms with Gasteiger partial charge in [-0.3, -0.25) is 9.97 Å². The molecule has 2 aromatic heterocycles. The Morgan fingerprint density at radius 3 is 2.18 bits per heavy atom. The maximum atomic E-state index is 11.4. The zero-order valence-corrected chi connectivity index (χ0v) is 12.6. The molecule has 3 rings (SSSR count). The molecule has 0 aliphatic heterocycles. The molecule has 5 nitrogen and oxygen atoms in total. The van der Waals surface area contributed by atoms with Crippen LogP contribution in [0.1, 0.15) is 22.5 Å². The minimum atomic E-state index is -1.49. The normalized spacial score (nSPS) is 13.6. The first-order chi connectivity index (χ1) is 10.6. The molecule has 1 unspecified atom stereocenters. The van der Waals surface area contributed by atoms with Crippen molar-refractivity contribution >= 4 is 11.6 Å². The molecular weight excluding hydrogens is 300 g/mol. The molecule has 1 aromatic carbocycles. The summed E-state index contributed by atoms with van der Waals surface area (Å²) in [5.41, 5.74) is 0.800. The van der Waals surface area contributed by atoms with E-state index in [4.69, 9.17) is 11.6 Å². The first-order valence-electron chi connectivity index (χ1n) is 6.64. The molecule has 0 aliphatic carbocycles. The van der Waals surface area contributed by atoms with E-state index >= 15 is 0 Å². The second kappa shape index (κ2) is 5.79. The van der Waals surface area contributed by atoms with E-state index in [1.807, 2.05) is 6.92 Å². The van der Waals surface area contributed by atoms with Crippen LogP contribution < -0.4 is 0 Å². The summed E-state index contributed by atoms with van der Waals surface area (Å²) >= 11 is 5.94. The lowest BCUT2D eigenvalue weighted by molar-refractivity contribution is 0.119. The average Bonchev–Trinajstić information content (AvgIpc) is 2.56. The third-order valence-electron chi connectivity index (χ3n) is 3.39. The van der Waals surface area contributed by atoms with Gasteiger partial charge in [0.1, 0.15) is 6.33 Å². The Morgan fingerprint density at radius 2 is 1.59 bits per heavy atom. The minimum Gasteiger partial charge on any atom is -0.374 e. The Bertz CT molecular complexity index is 715. The van der Waals surface area contributed by atoms with Crippen LogP contribution in [0.5, 0.6) is 0 Å². The maximum Gasteiger partial charge on any atom is 0.161 e. The van der Waals surface area contributed by atoms with Crippen molar-refractivity contribution in [2.24, 2.45) is 0 Å². The van der Waals surface area contributed by atoms with Crippen molar-refractivity contribution in [1.82, 2.24) is 19.9 Å². The van der Waals surface area contributed by atoms with Crippen LogP contribution in [-0.2, 0) is 5.60 Å². The SMILES string of the molecule is Cc1cnc(C(O)(c2ccc(Cl)cc2)c2cncnc2)cn1. The number of rotatable bonds is 3. The summed E-state index contributed by atoms with van der Waals surface area (Å²) < 4.78 is 0. The summed E-state index contributed by atoms with van der Waals surface area (Å²) in [5.74, 6) is 0. The van der Waals surface area contributed by atoms with Gasteiger partial charge in [-0.15, -0.1) is 0 Å². The van der Waals surface area contributed by atoms with Gasteiger partial charge in [0.05, 0.1) is 17.6 Å². The third-order valence-corrected chi connectivity index (χ3v) is 3.64. The quantitative estimate of drug-likeness (QED) is 0.804. The molecule has 0 saturated heterocycles. The van der Waals surface area contributed by atoms with E-state index < -0.39 is 5.60 Å². The lowest BCUT2D eigenvalue weighted by Gasteiger charge is -2.27. The summed E-state index contributed by atoms with van der Waals surface area (Å²) in [5, 5.41) is 12.0. The number of aliphatic hydroxyl groups is 1. The molecule has 0 fully saturated rings. The van der Waals surface area contributed by atoms with Gasteiger partial charge in [0.15, 0.2) is 5.60 Å². The zero-order chi connectivity index (χ0) is 15.6. The van der Waals surface area contributed by atoms with Crippen molar-refractivity contribution in [1.29, 1.82) is 0 Å². The molecule has 0 radical (unpaired) electrons. The highest BCUT2D eigenvalue weighted by Gasteiger charge is 2.36. The number of benzene rings is 1. The second-order valence-electron chi connectivity index (χ2n) is 4.89. The molecule has 0 saturated carbocycles. The van der Waals surface area contributed by atoms with E-state index in [9.17, 15) is 5.11 Å². The summed E-state index contributed by atoms with van der Waals surface area (Å²) in [6, 6.07) is 6.92. The first-order valence-corrected chi connectivity index (χ1v) is 7.01. The van der Waals surface area contributed by atoms with Crippen LogP contribution in [0.3, 0.4) is 0 Å². The van der Waals surface area contributed by atoms with Crippen molar-refractivity contribution in [2.75, 3.05) is 0 Å². The molecule has 6 heteroatoms. The molecule has 3 aromatic rings. The fourth-order valence-electron chi connectivity index (χ4n) is 2.22. The van der Waals surface area contributed by atoms with E-state index in [0.29, 0.717) is 21.8 Å². The predicted octanol–water partition coefficient (Wildman–Crippen LogP) is 2.51. The van der Waals surface area contributed by atoms with Gasteiger partial charge in [-0.2, -0.15) is 0 Å². The number of aryl methyl sites for hydroxylation is 1. The lowest BCUT2D eigenvalue weighted by Crippen LogP contribution is -2.30. The van der Waals surface area contributed by atoms with Crippen LogP contribution in [0.2, 0.25) is 5.02 Å². The molecule has 0 spiro atoms. The predicted molar refractivity (Wildman–Crippen MR) is 82.4 cm³/mol. The van der Waals surface area contributed by atoms with Crippen molar-refractivity contribution < 1.29 is 5.11 Å². The number of aromatic nitrogens is 4. The van der Waals surface area contributed by atoms with Gasteiger partial charge < -0.3 is 5.11 Å². The minimum absolute atomic E-state index is 0.398. The molecule has 110 valence electrons. The zero-order valence-electron chi connectivity index (χ0n) is 11.8. The highest BCUT2D eigenvalue weighted by atomic mass is 35.5. The highest BCUT2D eigenvalue weighted by Crippen LogP contribution is 2.34. The summed E-state index contributed by atoms with van der Waals surface area (Å²) in [6.45, 7) is 1.84. The van der Waals surface area contributed by atoms with E-state index in [1.165, 1.54) is 6.33 Å². The van der Waals surface area contributed by atoms with E-state index in [1.54, 1.807) is 49.1 Å². The number of nitrogens with zero attached hydrogens (tertiary/aromatic N) is 4. The van der Waals surface area contributed by atoms with Crippen LogP contribution in [-0.4, -0.2) is 25.0 Å². The monoisotopic (exact) mass is 312 g/mol. The van der Waals surface area contributed by atoms with Crippen LogP contribution in [0.4, 0.5) is 0 Å². The van der Waals surface area contributed by atoms with Gasteiger partial charge in [0, 0.05) is 29.2 Å². The third kappa shape index (κ3) is 2.56.